The van der Waals surface area contributed by atoms with Crippen molar-refractivity contribution < 1.29 is 9.13 Å². The van der Waals surface area contributed by atoms with Gasteiger partial charge >= 0.3 is 0 Å². The fraction of sp³-hybridized carbons (Fsp3) is 0.543. The molecule has 0 amide bonds. The molecule has 3 rings (SSSR count). The number of benzene rings is 2. The Balaban J connectivity index is 1.39. The summed E-state index contributed by atoms with van der Waals surface area (Å²) in [6, 6.07) is 16.4. The first-order chi connectivity index (χ1) is 19.2. The molecule has 0 aliphatic carbocycles. The molecule has 1 aromatic heterocycles. The zero-order valence-corrected chi connectivity index (χ0v) is 24.3. The van der Waals surface area contributed by atoms with E-state index in [1.165, 1.54) is 76.2 Å². The minimum absolute atomic E-state index is 0.106. The van der Waals surface area contributed by atoms with Gasteiger partial charge < -0.3 is 4.74 Å². The van der Waals surface area contributed by atoms with Crippen molar-refractivity contribution >= 4 is 0 Å². The van der Waals surface area contributed by atoms with E-state index < -0.39 is 6.17 Å². The topological polar surface area (TPSA) is 35.0 Å². The second kappa shape index (κ2) is 18.5. The van der Waals surface area contributed by atoms with Crippen LogP contribution in [0.3, 0.4) is 0 Å². The summed E-state index contributed by atoms with van der Waals surface area (Å²) in [5, 5.41) is 0. The molecule has 0 bridgehead atoms. The van der Waals surface area contributed by atoms with Crippen molar-refractivity contribution in [2.45, 2.75) is 116 Å². The van der Waals surface area contributed by atoms with E-state index in [-0.39, 0.29) is 6.61 Å². The number of hydrogen-bond acceptors (Lipinski definition) is 3. The second-order valence-electron chi connectivity index (χ2n) is 10.9. The molecule has 2 aromatic carbocycles. The molecule has 1 heterocycles. The largest absolute Gasteiger partial charge is 0.491 e. The Labute approximate surface area is 236 Å². The van der Waals surface area contributed by atoms with Gasteiger partial charge in [-0.05, 0) is 54.7 Å². The highest BCUT2D eigenvalue weighted by Crippen LogP contribution is 2.23. The van der Waals surface area contributed by atoms with Gasteiger partial charge in [-0.1, -0.05) is 115 Å². The molecule has 0 aliphatic heterocycles. The predicted molar refractivity (Wildman–Crippen MR) is 163 cm³/mol. The Hall–Kier alpha value is -2.75. The molecule has 1 unspecified atom stereocenters. The highest BCUT2D eigenvalue weighted by atomic mass is 19.1. The van der Waals surface area contributed by atoms with Crippen LogP contribution in [0.4, 0.5) is 4.39 Å². The van der Waals surface area contributed by atoms with Crippen molar-refractivity contribution in [1.82, 2.24) is 9.97 Å². The molecule has 212 valence electrons. The summed E-state index contributed by atoms with van der Waals surface area (Å²) in [5.74, 6) is 1.35. The van der Waals surface area contributed by atoms with Crippen LogP contribution < -0.4 is 4.74 Å². The van der Waals surface area contributed by atoms with Crippen LogP contribution >= 0.6 is 0 Å². The molecule has 0 radical (unpaired) electrons. The second-order valence-corrected chi connectivity index (χ2v) is 10.9. The third-order valence-electron chi connectivity index (χ3n) is 7.42. The van der Waals surface area contributed by atoms with E-state index in [0.717, 1.165) is 36.0 Å². The maximum Gasteiger partial charge on any atom is 0.159 e. The fourth-order valence-electron chi connectivity index (χ4n) is 4.89. The molecular formula is C35H49FN2O. The number of halogens is 1. The van der Waals surface area contributed by atoms with Gasteiger partial charge in [0.2, 0.25) is 0 Å². The SMILES string of the molecule is CCCCCCCCCCCc1ccc(-c2cnc(-c3ccc(OCC(F)CCCCCC)cc3)nc2)cc1. The van der Waals surface area contributed by atoms with Crippen molar-refractivity contribution in [3.05, 3.63) is 66.5 Å². The maximum absolute atomic E-state index is 14.1. The lowest BCUT2D eigenvalue weighted by atomic mass is 10.0. The summed E-state index contributed by atoms with van der Waals surface area (Å²) in [6.07, 6.45) is 21.2. The minimum atomic E-state index is -0.915. The number of unbranched alkanes of at least 4 members (excludes halogenated alkanes) is 11. The van der Waals surface area contributed by atoms with Crippen LogP contribution in [0.5, 0.6) is 5.75 Å². The highest BCUT2D eigenvalue weighted by molar-refractivity contribution is 5.64. The summed E-state index contributed by atoms with van der Waals surface area (Å²) < 4.78 is 19.7. The molecule has 0 aliphatic rings. The van der Waals surface area contributed by atoms with Gasteiger partial charge in [-0.3, -0.25) is 0 Å². The van der Waals surface area contributed by atoms with Gasteiger partial charge in [-0.25, -0.2) is 14.4 Å². The van der Waals surface area contributed by atoms with Crippen LogP contribution in [-0.2, 0) is 6.42 Å². The van der Waals surface area contributed by atoms with Crippen LogP contribution in [0.2, 0.25) is 0 Å². The molecule has 0 N–H and O–H groups in total. The van der Waals surface area contributed by atoms with E-state index in [1.807, 2.05) is 36.7 Å². The number of nitrogens with zero attached hydrogens (tertiary/aromatic N) is 2. The smallest absolute Gasteiger partial charge is 0.159 e. The third kappa shape index (κ3) is 11.9. The average Bonchev–Trinajstić information content (AvgIpc) is 2.98. The zero-order chi connectivity index (χ0) is 27.5. The maximum atomic E-state index is 14.1. The van der Waals surface area contributed by atoms with Crippen LogP contribution in [-0.4, -0.2) is 22.7 Å². The third-order valence-corrected chi connectivity index (χ3v) is 7.42. The van der Waals surface area contributed by atoms with E-state index in [2.05, 4.69) is 48.1 Å². The monoisotopic (exact) mass is 532 g/mol. The van der Waals surface area contributed by atoms with Crippen molar-refractivity contribution in [1.29, 1.82) is 0 Å². The van der Waals surface area contributed by atoms with Gasteiger partial charge in [0.1, 0.15) is 18.5 Å². The summed E-state index contributed by atoms with van der Waals surface area (Å²) in [6.45, 7) is 4.54. The van der Waals surface area contributed by atoms with E-state index in [1.54, 1.807) is 0 Å². The van der Waals surface area contributed by atoms with Crippen LogP contribution in [0, 0.1) is 0 Å². The lowest BCUT2D eigenvalue weighted by Crippen LogP contribution is -2.12. The first-order valence-corrected chi connectivity index (χ1v) is 15.5. The van der Waals surface area contributed by atoms with Crippen molar-refractivity contribution in [3.63, 3.8) is 0 Å². The Morgan fingerprint density at radius 2 is 1.15 bits per heavy atom. The molecular weight excluding hydrogens is 483 g/mol. The van der Waals surface area contributed by atoms with Crippen LogP contribution in [0.1, 0.15) is 109 Å². The minimum Gasteiger partial charge on any atom is -0.491 e. The number of aromatic nitrogens is 2. The van der Waals surface area contributed by atoms with Crippen LogP contribution in [0.25, 0.3) is 22.5 Å². The predicted octanol–water partition coefficient (Wildman–Crippen LogP) is 10.6. The van der Waals surface area contributed by atoms with E-state index >= 15 is 0 Å². The molecule has 0 spiro atoms. The summed E-state index contributed by atoms with van der Waals surface area (Å²) in [5.41, 5.74) is 4.47. The Kier molecular flexibility index (Phi) is 14.6. The highest BCUT2D eigenvalue weighted by Gasteiger charge is 2.09. The number of hydrogen-bond donors (Lipinski definition) is 0. The number of ether oxygens (including phenoxy) is 1. The van der Waals surface area contributed by atoms with E-state index in [0.29, 0.717) is 18.0 Å². The van der Waals surface area contributed by atoms with Crippen molar-refractivity contribution in [3.8, 4) is 28.3 Å². The Morgan fingerprint density at radius 1 is 0.615 bits per heavy atom. The lowest BCUT2D eigenvalue weighted by molar-refractivity contribution is 0.184. The van der Waals surface area contributed by atoms with Crippen molar-refractivity contribution in [2.24, 2.45) is 0 Å². The van der Waals surface area contributed by atoms with Gasteiger partial charge in [0.05, 0.1) is 0 Å². The Bertz CT molecular complexity index is 1020. The van der Waals surface area contributed by atoms with Gasteiger partial charge in [0.15, 0.2) is 5.82 Å². The number of alkyl halides is 1. The van der Waals surface area contributed by atoms with Crippen molar-refractivity contribution in [2.75, 3.05) is 6.61 Å². The summed E-state index contributed by atoms with van der Waals surface area (Å²) in [4.78, 5) is 9.18. The number of rotatable bonds is 20. The molecule has 4 heteroatoms. The van der Waals surface area contributed by atoms with E-state index in [9.17, 15) is 4.39 Å². The summed E-state index contributed by atoms with van der Waals surface area (Å²) >= 11 is 0. The molecule has 1 atom stereocenters. The zero-order valence-electron chi connectivity index (χ0n) is 24.3. The average molecular weight is 533 g/mol. The first kappa shape index (κ1) is 30.8. The first-order valence-electron chi connectivity index (χ1n) is 15.5. The van der Waals surface area contributed by atoms with Crippen LogP contribution in [0.15, 0.2) is 60.9 Å². The Morgan fingerprint density at radius 3 is 1.77 bits per heavy atom. The quantitative estimate of drug-likeness (QED) is 0.136. The molecule has 39 heavy (non-hydrogen) atoms. The van der Waals surface area contributed by atoms with Gasteiger partial charge in [-0.2, -0.15) is 0 Å². The molecule has 3 aromatic rings. The lowest BCUT2D eigenvalue weighted by Gasteiger charge is -2.11. The normalized spacial score (nSPS) is 12.0. The fourth-order valence-corrected chi connectivity index (χ4v) is 4.89. The standard InChI is InChI=1S/C35H49FN2O/c1-3-5-7-9-10-11-12-13-14-16-29-18-20-30(21-19-29)32-26-37-35(38-27-32)31-22-24-34(25-23-31)39-28-33(36)17-15-8-6-4-2/h18-27,33H,3-17,28H2,1-2H3. The summed E-state index contributed by atoms with van der Waals surface area (Å²) in [7, 11) is 0. The van der Waals surface area contributed by atoms with Gasteiger partial charge in [-0.15, -0.1) is 0 Å². The molecule has 3 nitrogen and oxygen atoms in total. The molecule has 0 fully saturated rings. The van der Waals surface area contributed by atoms with Gasteiger partial charge in [0, 0.05) is 23.5 Å². The molecule has 0 saturated heterocycles. The number of aryl methyl sites for hydroxylation is 1. The van der Waals surface area contributed by atoms with Gasteiger partial charge in [0.25, 0.3) is 0 Å². The van der Waals surface area contributed by atoms with E-state index in [4.69, 9.17) is 4.74 Å². The molecule has 0 saturated carbocycles.